The Morgan fingerprint density at radius 2 is 1.72 bits per heavy atom. The van der Waals surface area contributed by atoms with E-state index in [4.69, 9.17) is 14.2 Å². The van der Waals surface area contributed by atoms with Crippen LogP contribution < -0.4 is 14.2 Å². The van der Waals surface area contributed by atoms with Crippen LogP contribution in [0.1, 0.15) is 22.0 Å². The van der Waals surface area contributed by atoms with Gasteiger partial charge in [0.2, 0.25) is 11.5 Å². The van der Waals surface area contributed by atoms with Gasteiger partial charge in [-0.1, -0.05) is 6.07 Å². The minimum Gasteiger partial charge on any atom is -0.507 e. The average molecular weight is 348 g/mol. The summed E-state index contributed by atoms with van der Waals surface area (Å²) in [6.45, 7) is 0. The highest BCUT2D eigenvalue weighted by Crippen LogP contribution is 2.49. The maximum Gasteiger partial charge on any atom is 0.204 e. The summed E-state index contributed by atoms with van der Waals surface area (Å²) in [5, 5.41) is 40.0. The van der Waals surface area contributed by atoms with Crippen LogP contribution in [0.2, 0.25) is 0 Å². The van der Waals surface area contributed by atoms with E-state index in [1.54, 1.807) is 0 Å². The Morgan fingerprint density at radius 3 is 2.32 bits per heavy atom. The Morgan fingerprint density at radius 1 is 1.00 bits per heavy atom. The van der Waals surface area contributed by atoms with E-state index in [0.29, 0.717) is 5.56 Å². The molecular weight excluding hydrogens is 332 g/mol. The van der Waals surface area contributed by atoms with Crippen LogP contribution in [-0.2, 0) is 0 Å². The number of Topliss-reactive ketones (excluding diaryl/α,β-unsaturated/α-hetero) is 1. The van der Waals surface area contributed by atoms with E-state index >= 15 is 0 Å². The summed E-state index contributed by atoms with van der Waals surface area (Å²) >= 11 is 0. The lowest BCUT2D eigenvalue weighted by molar-refractivity contribution is 0.0197. The summed E-state index contributed by atoms with van der Waals surface area (Å²) in [5.41, 5.74) is 0.0193. The standard InChI is InChI=1S/C17H16O8/c1-23-11-4-3-7(5-8(11)18)15-14(22)13(21)12-9(19)6-10(20)16(24-2)17(12)25-15/h3-6,14-15,18-20,22H,1-2H3/t14-,15-/m0/s1. The molecule has 3 rings (SSSR count). The number of ketones is 1. The largest absolute Gasteiger partial charge is 0.507 e. The minimum absolute atomic E-state index is 0.143. The van der Waals surface area contributed by atoms with Gasteiger partial charge >= 0.3 is 0 Å². The van der Waals surface area contributed by atoms with Gasteiger partial charge in [-0.25, -0.2) is 0 Å². The molecule has 2 atom stereocenters. The quantitative estimate of drug-likeness (QED) is 0.657. The first-order chi connectivity index (χ1) is 11.9. The smallest absolute Gasteiger partial charge is 0.204 e. The van der Waals surface area contributed by atoms with Crippen molar-refractivity contribution < 1.29 is 39.4 Å². The van der Waals surface area contributed by atoms with Gasteiger partial charge in [0, 0.05) is 6.07 Å². The number of carbonyl (C=O) groups is 1. The van der Waals surface area contributed by atoms with Crippen molar-refractivity contribution >= 4 is 5.78 Å². The van der Waals surface area contributed by atoms with Gasteiger partial charge in [-0.3, -0.25) is 4.79 Å². The second-order valence-corrected chi connectivity index (χ2v) is 5.43. The van der Waals surface area contributed by atoms with Crippen molar-refractivity contribution in [3.05, 3.63) is 35.4 Å². The Kier molecular flexibility index (Phi) is 4.05. The van der Waals surface area contributed by atoms with E-state index in [-0.39, 0.29) is 28.6 Å². The first-order valence-corrected chi connectivity index (χ1v) is 7.27. The molecule has 4 N–H and O–H groups in total. The zero-order valence-electron chi connectivity index (χ0n) is 13.4. The summed E-state index contributed by atoms with van der Waals surface area (Å²) in [5.74, 6) is -2.05. The maximum atomic E-state index is 12.5. The van der Waals surface area contributed by atoms with Crippen LogP contribution in [-0.4, -0.2) is 46.5 Å². The van der Waals surface area contributed by atoms with Gasteiger partial charge in [0.05, 0.1) is 14.2 Å². The molecular formula is C17H16O8. The molecule has 2 aromatic rings. The number of hydrogen-bond acceptors (Lipinski definition) is 8. The molecule has 1 aliphatic heterocycles. The number of aliphatic hydroxyl groups excluding tert-OH is 1. The predicted octanol–water partition coefficient (Wildman–Crippen LogP) is 1.50. The summed E-state index contributed by atoms with van der Waals surface area (Å²) in [6.07, 6.45) is -2.80. The molecule has 1 aliphatic rings. The number of rotatable bonds is 3. The van der Waals surface area contributed by atoms with Gasteiger partial charge in [-0.15, -0.1) is 0 Å². The van der Waals surface area contributed by atoms with Crippen molar-refractivity contribution in [2.75, 3.05) is 14.2 Å². The van der Waals surface area contributed by atoms with E-state index in [1.165, 1.54) is 32.4 Å². The van der Waals surface area contributed by atoms with Crippen molar-refractivity contribution in [1.82, 2.24) is 0 Å². The zero-order chi connectivity index (χ0) is 18.3. The number of carbonyl (C=O) groups excluding carboxylic acids is 1. The van der Waals surface area contributed by atoms with Crippen LogP contribution >= 0.6 is 0 Å². The summed E-state index contributed by atoms with van der Waals surface area (Å²) in [6, 6.07) is 5.20. The molecule has 0 saturated carbocycles. The van der Waals surface area contributed by atoms with Gasteiger partial charge in [0.1, 0.15) is 11.3 Å². The van der Waals surface area contributed by atoms with Gasteiger partial charge in [-0.2, -0.15) is 0 Å². The summed E-state index contributed by atoms with van der Waals surface area (Å²) in [7, 11) is 2.65. The van der Waals surface area contributed by atoms with Gasteiger partial charge in [0.15, 0.2) is 35.2 Å². The second kappa shape index (κ2) is 6.06. The van der Waals surface area contributed by atoms with Gasteiger partial charge in [-0.05, 0) is 17.7 Å². The molecule has 0 bridgehead atoms. The molecule has 0 saturated heterocycles. The van der Waals surface area contributed by atoms with Gasteiger partial charge in [0.25, 0.3) is 0 Å². The summed E-state index contributed by atoms with van der Waals surface area (Å²) in [4.78, 5) is 12.5. The van der Waals surface area contributed by atoms with Crippen LogP contribution in [0.4, 0.5) is 0 Å². The van der Waals surface area contributed by atoms with Crippen LogP contribution in [0, 0.1) is 0 Å². The van der Waals surface area contributed by atoms with E-state index in [1.807, 2.05) is 0 Å². The Balaban J connectivity index is 2.12. The van der Waals surface area contributed by atoms with E-state index in [2.05, 4.69) is 0 Å². The van der Waals surface area contributed by atoms with Gasteiger partial charge < -0.3 is 34.6 Å². The molecule has 8 nitrogen and oxygen atoms in total. The number of aromatic hydroxyl groups is 3. The zero-order valence-corrected chi connectivity index (χ0v) is 13.4. The first-order valence-electron chi connectivity index (χ1n) is 7.27. The summed E-state index contributed by atoms with van der Waals surface area (Å²) < 4.78 is 15.6. The lowest BCUT2D eigenvalue weighted by Gasteiger charge is -2.31. The number of fused-ring (bicyclic) bond motifs is 1. The third-order valence-corrected chi connectivity index (χ3v) is 3.98. The van der Waals surface area contributed by atoms with E-state index < -0.39 is 29.5 Å². The first kappa shape index (κ1) is 16.7. The lowest BCUT2D eigenvalue weighted by Crippen LogP contribution is -2.36. The molecule has 8 heteroatoms. The fourth-order valence-electron chi connectivity index (χ4n) is 2.77. The molecule has 25 heavy (non-hydrogen) atoms. The number of methoxy groups -OCH3 is 2. The van der Waals surface area contributed by atoms with Crippen LogP contribution in [0.3, 0.4) is 0 Å². The van der Waals surface area contributed by atoms with Crippen molar-refractivity contribution in [1.29, 1.82) is 0 Å². The van der Waals surface area contributed by atoms with Crippen LogP contribution in [0.5, 0.6) is 34.5 Å². The number of ether oxygens (including phenoxy) is 3. The normalized spacial score (nSPS) is 19.1. The molecule has 0 aromatic heterocycles. The lowest BCUT2D eigenvalue weighted by atomic mass is 9.92. The number of aliphatic hydroxyl groups is 1. The SMILES string of the molecule is COc1ccc([C@@H]2Oc3c(OC)c(O)cc(O)c3C(=O)[C@@H]2O)cc1O. The highest BCUT2D eigenvalue weighted by Gasteiger charge is 2.41. The molecule has 1 heterocycles. The number of benzene rings is 2. The van der Waals surface area contributed by atoms with Crippen molar-refractivity contribution in [3.63, 3.8) is 0 Å². The third-order valence-electron chi connectivity index (χ3n) is 3.98. The number of phenolic OH excluding ortho intramolecular Hbond substituents is 3. The fraction of sp³-hybridized carbons (Fsp3) is 0.235. The number of phenols is 3. The Hall–Kier alpha value is -3.13. The highest BCUT2D eigenvalue weighted by atomic mass is 16.5. The van der Waals surface area contributed by atoms with E-state index in [0.717, 1.165) is 6.07 Å². The fourth-order valence-corrected chi connectivity index (χ4v) is 2.77. The Bertz CT molecular complexity index is 845. The highest BCUT2D eigenvalue weighted by molar-refractivity contribution is 6.06. The number of hydrogen-bond donors (Lipinski definition) is 4. The molecule has 2 aromatic carbocycles. The third kappa shape index (κ3) is 2.56. The van der Waals surface area contributed by atoms with Crippen molar-refractivity contribution in [2.45, 2.75) is 12.2 Å². The van der Waals surface area contributed by atoms with Crippen LogP contribution in [0.25, 0.3) is 0 Å². The minimum atomic E-state index is -1.62. The molecule has 0 fully saturated rings. The molecule has 0 aliphatic carbocycles. The monoisotopic (exact) mass is 348 g/mol. The second-order valence-electron chi connectivity index (χ2n) is 5.43. The maximum absolute atomic E-state index is 12.5. The molecule has 0 amide bonds. The average Bonchev–Trinajstić information content (AvgIpc) is 2.57. The molecule has 132 valence electrons. The molecule has 0 unspecified atom stereocenters. The topological polar surface area (TPSA) is 126 Å². The van der Waals surface area contributed by atoms with Crippen molar-refractivity contribution in [2.24, 2.45) is 0 Å². The Labute approximate surface area is 142 Å². The van der Waals surface area contributed by atoms with Crippen molar-refractivity contribution in [3.8, 4) is 34.5 Å². The van der Waals surface area contributed by atoms with E-state index in [9.17, 15) is 25.2 Å². The van der Waals surface area contributed by atoms with Crippen LogP contribution in [0.15, 0.2) is 24.3 Å². The predicted molar refractivity (Wildman–Crippen MR) is 84.7 cm³/mol. The molecule has 0 spiro atoms. The molecule has 0 radical (unpaired) electrons.